The van der Waals surface area contributed by atoms with E-state index in [0.29, 0.717) is 18.2 Å². The molecular weight excluding hydrogens is 294 g/mol. The second kappa shape index (κ2) is 5.47. The SMILES string of the molecule is CC(=O)NC1CCN(c2nc(C3CC3)nc3c2CCNC3=O)C1. The van der Waals surface area contributed by atoms with Gasteiger partial charge in [0.15, 0.2) is 0 Å². The van der Waals surface area contributed by atoms with E-state index in [2.05, 4.69) is 20.5 Å². The summed E-state index contributed by atoms with van der Waals surface area (Å²) in [5.41, 5.74) is 1.51. The third-order valence-corrected chi connectivity index (χ3v) is 4.72. The fraction of sp³-hybridized carbons (Fsp3) is 0.625. The van der Waals surface area contributed by atoms with E-state index in [1.165, 1.54) is 0 Å². The molecule has 1 atom stereocenters. The fourth-order valence-corrected chi connectivity index (χ4v) is 3.44. The second-order valence-corrected chi connectivity index (χ2v) is 6.64. The first-order chi connectivity index (χ1) is 11.1. The lowest BCUT2D eigenvalue weighted by Gasteiger charge is -2.25. The molecule has 0 radical (unpaired) electrons. The van der Waals surface area contributed by atoms with Crippen molar-refractivity contribution < 1.29 is 9.59 Å². The van der Waals surface area contributed by atoms with Gasteiger partial charge < -0.3 is 15.5 Å². The summed E-state index contributed by atoms with van der Waals surface area (Å²) < 4.78 is 0. The Morgan fingerprint density at radius 2 is 2.13 bits per heavy atom. The molecule has 0 bridgehead atoms. The zero-order valence-electron chi connectivity index (χ0n) is 13.3. The monoisotopic (exact) mass is 315 g/mol. The van der Waals surface area contributed by atoms with Gasteiger partial charge in [0.05, 0.1) is 0 Å². The summed E-state index contributed by atoms with van der Waals surface area (Å²) in [5, 5.41) is 5.85. The molecule has 23 heavy (non-hydrogen) atoms. The van der Waals surface area contributed by atoms with Gasteiger partial charge in [0.1, 0.15) is 17.3 Å². The van der Waals surface area contributed by atoms with Crippen LogP contribution >= 0.6 is 0 Å². The van der Waals surface area contributed by atoms with E-state index >= 15 is 0 Å². The van der Waals surface area contributed by atoms with Gasteiger partial charge in [0, 0.05) is 44.1 Å². The molecule has 2 aliphatic heterocycles. The second-order valence-electron chi connectivity index (χ2n) is 6.64. The Morgan fingerprint density at radius 3 is 2.87 bits per heavy atom. The van der Waals surface area contributed by atoms with Gasteiger partial charge in [-0.1, -0.05) is 0 Å². The Bertz CT molecular complexity index is 671. The Labute approximate surface area is 134 Å². The maximum Gasteiger partial charge on any atom is 0.270 e. The molecule has 122 valence electrons. The molecule has 1 aliphatic carbocycles. The molecule has 1 saturated carbocycles. The molecule has 2 fully saturated rings. The molecule has 1 aromatic heterocycles. The van der Waals surface area contributed by atoms with Gasteiger partial charge in [-0.15, -0.1) is 0 Å². The molecule has 0 aromatic carbocycles. The van der Waals surface area contributed by atoms with Crippen molar-refractivity contribution in [3.05, 3.63) is 17.1 Å². The molecule has 3 heterocycles. The van der Waals surface area contributed by atoms with Crippen LogP contribution in [0, 0.1) is 0 Å². The Balaban J connectivity index is 1.67. The summed E-state index contributed by atoms with van der Waals surface area (Å²) in [5.74, 6) is 2.02. The number of hydrogen-bond acceptors (Lipinski definition) is 5. The van der Waals surface area contributed by atoms with E-state index in [1.807, 2.05) is 0 Å². The highest BCUT2D eigenvalue weighted by molar-refractivity contribution is 5.96. The zero-order chi connectivity index (χ0) is 16.0. The van der Waals surface area contributed by atoms with Crippen LogP contribution in [0.3, 0.4) is 0 Å². The molecule has 2 amide bonds. The number of fused-ring (bicyclic) bond motifs is 1. The quantitative estimate of drug-likeness (QED) is 0.841. The van der Waals surface area contributed by atoms with E-state index in [9.17, 15) is 9.59 Å². The average Bonchev–Trinajstić information content (AvgIpc) is 3.27. The summed E-state index contributed by atoms with van der Waals surface area (Å²) in [7, 11) is 0. The minimum atomic E-state index is -0.0885. The van der Waals surface area contributed by atoms with E-state index in [4.69, 9.17) is 4.98 Å². The highest BCUT2D eigenvalue weighted by Crippen LogP contribution is 2.40. The lowest BCUT2D eigenvalue weighted by atomic mass is 10.1. The van der Waals surface area contributed by atoms with E-state index in [0.717, 1.165) is 56.0 Å². The van der Waals surface area contributed by atoms with Gasteiger partial charge in [-0.05, 0) is 25.7 Å². The van der Waals surface area contributed by atoms with E-state index in [1.54, 1.807) is 6.92 Å². The molecule has 1 saturated heterocycles. The first-order valence-electron chi connectivity index (χ1n) is 8.33. The van der Waals surface area contributed by atoms with Gasteiger partial charge in [0.25, 0.3) is 5.91 Å². The van der Waals surface area contributed by atoms with Crippen LogP contribution in [0.4, 0.5) is 5.82 Å². The molecule has 7 nitrogen and oxygen atoms in total. The summed E-state index contributed by atoms with van der Waals surface area (Å²) in [4.78, 5) is 35.0. The van der Waals surface area contributed by atoms with Crippen molar-refractivity contribution in [2.45, 2.75) is 44.6 Å². The van der Waals surface area contributed by atoms with Crippen LogP contribution in [-0.2, 0) is 11.2 Å². The number of nitrogens with zero attached hydrogens (tertiary/aromatic N) is 3. The van der Waals surface area contributed by atoms with Crippen molar-refractivity contribution >= 4 is 17.6 Å². The molecule has 3 aliphatic rings. The van der Waals surface area contributed by atoms with Crippen LogP contribution in [0.1, 0.15) is 54.0 Å². The fourth-order valence-electron chi connectivity index (χ4n) is 3.44. The number of carbonyl (C=O) groups excluding carboxylic acids is 2. The molecule has 1 unspecified atom stereocenters. The summed E-state index contributed by atoms with van der Waals surface area (Å²) in [6.07, 6.45) is 3.88. The number of amides is 2. The van der Waals surface area contributed by atoms with Gasteiger partial charge >= 0.3 is 0 Å². The van der Waals surface area contributed by atoms with Crippen LogP contribution in [0.5, 0.6) is 0 Å². The van der Waals surface area contributed by atoms with Crippen molar-refractivity contribution in [1.82, 2.24) is 20.6 Å². The molecule has 2 N–H and O–H groups in total. The normalized spacial score (nSPS) is 23.4. The van der Waals surface area contributed by atoms with Gasteiger partial charge in [-0.25, -0.2) is 9.97 Å². The molecular formula is C16H21N5O2. The van der Waals surface area contributed by atoms with Crippen LogP contribution in [-0.4, -0.2) is 47.5 Å². The maximum atomic E-state index is 12.2. The smallest absolute Gasteiger partial charge is 0.270 e. The van der Waals surface area contributed by atoms with Crippen molar-refractivity contribution in [2.24, 2.45) is 0 Å². The summed E-state index contributed by atoms with van der Waals surface area (Å²) >= 11 is 0. The highest BCUT2D eigenvalue weighted by Gasteiger charge is 2.34. The predicted molar refractivity (Wildman–Crippen MR) is 84.5 cm³/mol. The lowest BCUT2D eigenvalue weighted by molar-refractivity contribution is -0.119. The van der Waals surface area contributed by atoms with Crippen molar-refractivity contribution in [3.63, 3.8) is 0 Å². The molecule has 1 aromatic rings. The van der Waals surface area contributed by atoms with Gasteiger partial charge in [-0.2, -0.15) is 0 Å². The van der Waals surface area contributed by atoms with E-state index < -0.39 is 0 Å². The molecule has 4 rings (SSSR count). The summed E-state index contributed by atoms with van der Waals surface area (Å²) in [6.45, 7) is 3.77. The third kappa shape index (κ3) is 2.75. The van der Waals surface area contributed by atoms with Crippen LogP contribution in [0.2, 0.25) is 0 Å². The average molecular weight is 315 g/mol. The zero-order valence-corrected chi connectivity index (χ0v) is 13.3. The van der Waals surface area contributed by atoms with Crippen LogP contribution in [0.25, 0.3) is 0 Å². The topological polar surface area (TPSA) is 87.2 Å². The Hall–Kier alpha value is -2.18. The standard InChI is InChI=1S/C16H21N5O2/c1-9(22)18-11-5-7-21(8-11)15-12-4-6-17-16(23)13(12)19-14(20-15)10-2-3-10/h10-11H,2-8H2,1H3,(H,17,23)(H,18,22). The molecule has 0 spiro atoms. The van der Waals surface area contributed by atoms with Crippen molar-refractivity contribution in [2.75, 3.05) is 24.5 Å². The van der Waals surface area contributed by atoms with Gasteiger partial charge in [0.2, 0.25) is 5.91 Å². The van der Waals surface area contributed by atoms with E-state index in [-0.39, 0.29) is 17.9 Å². The molecule has 7 heteroatoms. The first kappa shape index (κ1) is 14.4. The lowest BCUT2D eigenvalue weighted by Crippen LogP contribution is -2.38. The first-order valence-corrected chi connectivity index (χ1v) is 8.33. The number of anilines is 1. The minimum absolute atomic E-state index is 0.000358. The van der Waals surface area contributed by atoms with Crippen LogP contribution < -0.4 is 15.5 Å². The Morgan fingerprint density at radius 1 is 1.30 bits per heavy atom. The summed E-state index contributed by atoms with van der Waals surface area (Å²) in [6, 6.07) is 0.153. The highest BCUT2D eigenvalue weighted by atomic mass is 16.2. The Kier molecular flexibility index (Phi) is 3.43. The maximum absolute atomic E-state index is 12.2. The minimum Gasteiger partial charge on any atom is -0.354 e. The largest absolute Gasteiger partial charge is 0.354 e. The van der Waals surface area contributed by atoms with Crippen molar-refractivity contribution in [3.8, 4) is 0 Å². The number of carbonyl (C=O) groups is 2. The number of hydrogen-bond donors (Lipinski definition) is 2. The van der Waals surface area contributed by atoms with Crippen LogP contribution in [0.15, 0.2) is 0 Å². The number of nitrogens with one attached hydrogen (secondary N) is 2. The number of rotatable bonds is 3. The number of aromatic nitrogens is 2. The van der Waals surface area contributed by atoms with Crippen molar-refractivity contribution in [1.29, 1.82) is 0 Å². The third-order valence-electron chi connectivity index (χ3n) is 4.72. The predicted octanol–water partition coefficient (Wildman–Crippen LogP) is 0.355. The van der Waals surface area contributed by atoms with Gasteiger partial charge in [-0.3, -0.25) is 9.59 Å².